The van der Waals surface area contributed by atoms with Crippen LogP contribution in [0.5, 0.6) is 11.5 Å². The van der Waals surface area contributed by atoms with Crippen molar-refractivity contribution in [1.29, 1.82) is 0 Å². The summed E-state index contributed by atoms with van der Waals surface area (Å²) < 4.78 is 23.5. The van der Waals surface area contributed by atoms with Crippen LogP contribution in [0.3, 0.4) is 0 Å². The molecule has 4 nitrogen and oxygen atoms in total. The van der Waals surface area contributed by atoms with Gasteiger partial charge in [-0.2, -0.15) is 0 Å². The monoisotopic (exact) mass is 350 g/mol. The second kappa shape index (κ2) is 6.15. The molecular weight excluding hydrogens is 328 g/mol. The molecule has 2 aliphatic heterocycles. The first-order valence-corrected chi connectivity index (χ1v) is 9.22. The predicted octanol–water partition coefficient (Wildman–Crippen LogP) is 4.33. The van der Waals surface area contributed by atoms with Gasteiger partial charge in [0, 0.05) is 21.5 Å². The first-order chi connectivity index (χ1) is 12.7. The lowest BCUT2D eigenvalue weighted by Gasteiger charge is -2.17. The van der Waals surface area contributed by atoms with Crippen LogP contribution in [0.1, 0.15) is 13.8 Å². The maximum Gasteiger partial charge on any atom is 0.135 e. The van der Waals surface area contributed by atoms with E-state index in [0.29, 0.717) is 13.2 Å². The molecular formula is C22H22O4. The summed E-state index contributed by atoms with van der Waals surface area (Å²) in [5.74, 6) is 1.81. The van der Waals surface area contributed by atoms with Crippen LogP contribution in [-0.4, -0.2) is 37.6 Å². The standard InChI is InChI=1S/C22H22O4/c1-13-19(25-13)11-23-21-15-7-3-5-9-17(15)22(24-12-20-14(2)26-20)18-10-6-4-8-16(18)21/h3-10,13-14,19-20H,11-12H2,1-2H3. The summed E-state index contributed by atoms with van der Waals surface area (Å²) in [6.07, 6.45) is 0.959. The van der Waals surface area contributed by atoms with Gasteiger partial charge in [-0.1, -0.05) is 48.5 Å². The summed E-state index contributed by atoms with van der Waals surface area (Å²) in [4.78, 5) is 0. The van der Waals surface area contributed by atoms with Crippen molar-refractivity contribution in [3.8, 4) is 11.5 Å². The summed E-state index contributed by atoms with van der Waals surface area (Å²) in [7, 11) is 0. The van der Waals surface area contributed by atoms with Crippen LogP contribution in [0, 0.1) is 0 Å². The van der Waals surface area contributed by atoms with Crippen LogP contribution in [0.25, 0.3) is 21.5 Å². The summed E-state index contributed by atoms with van der Waals surface area (Å²) in [5, 5.41) is 4.28. The molecule has 134 valence electrons. The van der Waals surface area contributed by atoms with Crippen LogP contribution in [0.2, 0.25) is 0 Å². The van der Waals surface area contributed by atoms with Crippen LogP contribution >= 0.6 is 0 Å². The lowest BCUT2D eigenvalue weighted by atomic mass is 10.0. The first kappa shape index (κ1) is 15.9. The van der Waals surface area contributed by atoms with E-state index in [9.17, 15) is 0 Å². The molecule has 2 heterocycles. The number of benzene rings is 3. The largest absolute Gasteiger partial charge is 0.489 e. The van der Waals surface area contributed by atoms with Crippen molar-refractivity contribution < 1.29 is 18.9 Å². The van der Waals surface area contributed by atoms with Gasteiger partial charge in [0.15, 0.2) is 0 Å². The molecule has 0 aromatic heterocycles. The Hall–Kier alpha value is -2.30. The van der Waals surface area contributed by atoms with Gasteiger partial charge in [-0.05, 0) is 13.8 Å². The fraction of sp³-hybridized carbons (Fsp3) is 0.364. The number of rotatable bonds is 6. The van der Waals surface area contributed by atoms with E-state index in [1.807, 2.05) is 24.3 Å². The molecule has 0 spiro atoms. The van der Waals surface area contributed by atoms with Crippen molar-refractivity contribution >= 4 is 21.5 Å². The highest BCUT2D eigenvalue weighted by Crippen LogP contribution is 2.43. The second-order valence-electron chi connectivity index (χ2n) is 7.13. The molecule has 5 rings (SSSR count). The van der Waals surface area contributed by atoms with E-state index >= 15 is 0 Å². The molecule has 3 aromatic rings. The molecule has 4 atom stereocenters. The number of epoxide rings is 2. The zero-order valence-corrected chi connectivity index (χ0v) is 15.0. The molecule has 0 bridgehead atoms. The van der Waals surface area contributed by atoms with E-state index in [-0.39, 0.29) is 24.4 Å². The topological polar surface area (TPSA) is 43.5 Å². The van der Waals surface area contributed by atoms with Gasteiger partial charge < -0.3 is 18.9 Å². The van der Waals surface area contributed by atoms with Crippen molar-refractivity contribution in [2.24, 2.45) is 0 Å². The molecule has 0 aliphatic carbocycles. The third-order valence-electron chi connectivity index (χ3n) is 5.29. The SMILES string of the molecule is CC1OC1COc1c2ccccc2c(OCC2OC2C)c2ccccc12. The molecule has 4 unspecified atom stereocenters. The maximum absolute atomic E-state index is 6.23. The number of hydrogen-bond donors (Lipinski definition) is 0. The highest BCUT2D eigenvalue weighted by Gasteiger charge is 2.36. The molecule has 0 saturated carbocycles. The number of ether oxygens (including phenoxy) is 4. The zero-order valence-electron chi connectivity index (χ0n) is 15.0. The Morgan fingerprint density at radius 2 is 0.962 bits per heavy atom. The minimum Gasteiger partial charge on any atom is -0.489 e. The first-order valence-electron chi connectivity index (χ1n) is 9.22. The van der Waals surface area contributed by atoms with Gasteiger partial charge in [-0.3, -0.25) is 0 Å². The van der Waals surface area contributed by atoms with Gasteiger partial charge in [0.1, 0.15) is 36.9 Å². The van der Waals surface area contributed by atoms with E-state index in [1.165, 1.54) is 0 Å². The Kier molecular flexibility index (Phi) is 3.76. The van der Waals surface area contributed by atoms with Gasteiger partial charge in [0.05, 0.1) is 12.2 Å². The van der Waals surface area contributed by atoms with Crippen LogP contribution in [0.4, 0.5) is 0 Å². The van der Waals surface area contributed by atoms with E-state index < -0.39 is 0 Å². The summed E-state index contributed by atoms with van der Waals surface area (Å²) >= 11 is 0. The Labute approximate surface area is 152 Å². The third kappa shape index (κ3) is 2.79. The molecule has 26 heavy (non-hydrogen) atoms. The van der Waals surface area contributed by atoms with Gasteiger partial charge in [0.25, 0.3) is 0 Å². The van der Waals surface area contributed by atoms with E-state index in [2.05, 4.69) is 38.1 Å². The maximum atomic E-state index is 6.23. The summed E-state index contributed by atoms with van der Waals surface area (Å²) in [6.45, 7) is 5.29. The molecule has 2 fully saturated rings. The van der Waals surface area contributed by atoms with Gasteiger partial charge in [-0.15, -0.1) is 0 Å². The van der Waals surface area contributed by atoms with E-state index in [0.717, 1.165) is 33.0 Å². The fourth-order valence-corrected chi connectivity index (χ4v) is 3.50. The minimum atomic E-state index is 0.192. The molecule has 0 amide bonds. The van der Waals surface area contributed by atoms with Gasteiger partial charge >= 0.3 is 0 Å². The molecule has 4 heteroatoms. The Bertz CT molecular complexity index is 832. The highest BCUT2D eigenvalue weighted by molar-refractivity contribution is 6.11. The Morgan fingerprint density at radius 3 is 1.23 bits per heavy atom. The van der Waals surface area contributed by atoms with Crippen LogP contribution in [-0.2, 0) is 9.47 Å². The lowest BCUT2D eigenvalue weighted by molar-refractivity contribution is 0.262. The number of fused-ring (bicyclic) bond motifs is 2. The predicted molar refractivity (Wildman–Crippen MR) is 101 cm³/mol. The number of hydrogen-bond acceptors (Lipinski definition) is 4. The fourth-order valence-electron chi connectivity index (χ4n) is 3.50. The zero-order chi connectivity index (χ0) is 17.7. The quantitative estimate of drug-likeness (QED) is 0.490. The van der Waals surface area contributed by atoms with Crippen molar-refractivity contribution in [2.45, 2.75) is 38.3 Å². The average Bonchev–Trinajstić information content (AvgIpc) is 3.56. The van der Waals surface area contributed by atoms with Crippen LogP contribution in [0.15, 0.2) is 48.5 Å². The molecule has 3 aromatic carbocycles. The van der Waals surface area contributed by atoms with Crippen molar-refractivity contribution in [1.82, 2.24) is 0 Å². The molecule has 0 radical (unpaired) electrons. The Balaban J connectivity index is 1.61. The van der Waals surface area contributed by atoms with Gasteiger partial charge in [-0.25, -0.2) is 0 Å². The van der Waals surface area contributed by atoms with E-state index in [4.69, 9.17) is 18.9 Å². The molecule has 0 N–H and O–H groups in total. The molecule has 2 aliphatic rings. The van der Waals surface area contributed by atoms with Crippen molar-refractivity contribution in [3.05, 3.63) is 48.5 Å². The lowest BCUT2D eigenvalue weighted by Crippen LogP contribution is -2.09. The summed E-state index contributed by atoms with van der Waals surface area (Å²) in [6, 6.07) is 16.5. The molecule has 2 saturated heterocycles. The highest BCUT2D eigenvalue weighted by atomic mass is 16.6. The Morgan fingerprint density at radius 1 is 0.654 bits per heavy atom. The van der Waals surface area contributed by atoms with Crippen molar-refractivity contribution in [3.63, 3.8) is 0 Å². The second-order valence-corrected chi connectivity index (χ2v) is 7.13. The third-order valence-corrected chi connectivity index (χ3v) is 5.29. The van der Waals surface area contributed by atoms with Crippen molar-refractivity contribution in [2.75, 3.05) is 13.2 Å². The van der Waals surface area contributed by atoms with Gasteiger partial charge in [0.2, 0.25) is 0 Å². The van der Waals surface area contributed by atoms with E-state index in [1.54, 1.807) is 0 Å². The average molecular weight is 350 g/mol. The van der Waals surface area contributed by atoms with Crippen LogP contribution < -0.4 is 9.47 Å². The smallest absolute Gasteiger partial charge is 0.135 e. The minimum absolute atomic E-state index is 0.192. The summed E-state index contributed by atoms with van der Waals surface area (Å²) in [5.41, 5.74) is 0. The normalized spacial score (nSPS) is 26.8.